The summed E-state index contributed by atoms with van der Waals surface area (Å²) in [5, 5.41) is 7.56. The summed E-state index contributed by atoms with van der Waals surface area (Å²) in [7, 11) is -1.03. The van der Waals surface area contributed by atoms with Crippen molar-refractivity contribution in [3.05, 3.63) is 11.6 Å². The number of aryl methyl sites for hydroxylation is 2. The van der Waals surface area contributed by atoms with Crippen molar-refractivity contribution in [3.63, 3.8) is 0 Å². The van der Waals surface area contributed by atoms with Gasteiger partial charge in [0.2, 0.25) is 0 Å². The van der Waals surface area contributed by atoms with Crippen LogP contribution in [-0.4, -0.2) is 47.3 Å². The maximum Gasteiger partial charge on any atom is 0.153 e. The van der Waals surface area contributed by atoms with Crippen LogP contribution >= 0.6 is 0 Å². The van der Waals surface area contributed by atoms with Gasteiger partial charge in [-0.25, -0.2) is 13.4 Å². The predicted octanol–water partition coefficient (Wildman–Crippen LogP) is -0.303. The van der Waals surface area contributed by atoms with Gasteiger partial charge in [-0.05, 0) is 6.42 Å². The molecule has 0 aliphatic carbocycles. The topological polar surface area (TPSA) is 76.9 Å². The van der Waals surface area contributed by atoms with Crippen molar-refractivity contribution < 1.29 is 8.42 Å². The van der Waals surface area contributed by atoms with Crippen molar-refractivity contribution in [1.29, 1.82) is 0 Å². The summed E-state index contributed by atoms with van der Waals surface area (Å²) in [5.41, 5.74) is 0. The highest BCUT2D eigenvalue weighted by Crippen LogP contribution is 2.08. The molecule has 0 amide bonds. The van der Waals surface area contributed by atoms with Gasteiger partial charge in [0, 0.05) is 32.5 Å². The SMILES string of the molecule is CCCc1nc(CC2CS(=O)(=O)CCN2)n(C)n1. The highest BCUT2D eigenvalue weighted by Gasteiger charge is 2.25. The molecule has 0 spiro atoms. The first-order valence-corrected chi connectivity index (χ1v) is 8.15. The summed E-state index contributed by atoms with van der Waals surface area (Å²) >= 11 is 0. The number of hydrogen-bond donors (Lipinski definition) is 1. The zero-order valence-corrected chi connectivity index (χ0v) is 11.7. The third kappa shape index (κ3) is 3.29. The van der Waals surface area contributed by atoms with Crippen LogP contribution in [0.5, 0.6) is 0 Å². The molecule has 2 heterocycles. The second-order valence-electron chi connectivity index (χ2n) is 4.79. The summed E-state index contributed by atoms with van der Waals surface area (Å²) in [6, 6.07) is -0.0406. The zero-order valence-electron chi connectivity index (χ0n) is 10.9. The van der Waals surface area contributed by atoms with Gasteiger partial charge in [0.05, 0.1) is 11.5 Å². The average molecular weight is 272 g/mol. The zero-order chi connectivity index (χ0) is 13.2. The van der Waals surface area contributed by atoms with E-state index < -0.39 is 9.84 Å². The van der Waals surface area contributed by atoms with Gasteiger partial charge in [-0.3, -0.25) is 4.68 Å². The maximum atomic E-state index is 11.6. The molecule has 7 heteroatoms. The van der Waals surface area contributed by atoms with E-state index in [1.54, 1.807) is 4.68 Å². The Balaban J connectivity index is 2.04. The monoisotopic (exact) mass is 272 g/mol. The van der Waals surface area contributed by atoms with Crippen molar-refractivity contribution in [3.8, 4) is 0 Å². The van der Waals surface area contributed by atoms with Crippen molar-refractivity contribution >= 4 is 9.84 Å². The number of sulfone groups is 1. The quantitative estimate of drug-likeness (QED) is 0.814. The van der Waals surface area contributed by atoms with Crippen molar-refractivity contribution in [2.75, 3.05) is 18.1 Å². The lowest BCUT2D eigenvalue weighted by Gasteiger charge is -2.22. The van der Waals surface area contributed by atoms with Crippen LogP contribution in [0.3, 0.4) is 0 Å². The van der Waals surface area contributed by atoms with Gasteiger partial charge in [0.25, 0.3) is 0 Å². The first-order valence-electron chi connectivity index (χ1n) is 6.33. The minimum atomic E-state index is -2.89. The van der Waals surface area contributed by atoms with Gasteiger partial charge >= 0.3 is 0 Å². The van der Waals surface area contributed by atoms with E-state index in [0.717, 1.165) is 24.5 Å². The first-order chi connectivity index (χ1) is 8.50. The van der Waals surface area contributed by atoms with Crippen LogP contribution in [0, 0.1) is 0 Å². The summed E-state index contributed by atoms with van der Waals surface area (Å²) in [6.45, 7) is 2.62. The van der Waals surface area contributed by atoms with Gasteiger partial charge in [0.1, 0.15) is 5.82 Å². The third-order valence-electron chi connectivity index (χ3n) is 3.10. The molecule has 0 aromatic carbocycles. The predicted molar refractivity (Wildman–Crippen MR) is 69.1 cm³/mol. The van der Waals surface area contributed by atoms with Gasteiger partial charge in [-0.15, -0.1) is 0 Å². The molecule has 0 saturated carbocycles. The maximum absolute atomic E-state index is 11.6. The molecule has 2 rings (SSSR count). The Bertz CT molecular complexity index is 509. The van der Waals surface area contributed by atoms with Gasteiger partial charge in [-0.1, -0.05) is 6.92 Å². The van der Waals surface area contributed by atoms with Gasteiger partial charge in [-0.2, -0.15) is 5.10 Å². The molecule has 1 aromatic heterocycles. The van der Waals surface area contributed by atoms with Crippen LogP contribution in [0.1, 0.15) is 25.0 Å². The fourth-order valence-electron chi connectivity index (χ4n) is 2.20. The van der Waals surface area contributed by atoms with Crippen molar-refractivity contribution in [2.45, 2.75) is 32.2 Å². The van der Waals surface area contributed by atoms with Crippen molar-refractivity contribution in [2.24, 2.45) is 7.05 Å². The van der Waals surface area contributed by atoms with Crippen molar-refractivity contribution in [1.82, 2.24) is 20.1 Å². The van der Waals surface area contributed by atoms with Crippen LogP contribution in [0.4, 0.5) is 0 Å². The molecule has 1 aromatic rings. The highest BCUT2D eigenvalue weighted by molar-refractivity contribution is 7.91. The molecule has 18 heavy (non-hydrogen) atoms. The lowest BCUT2D eigenvalue weighted by atomic mass is 10.2. The molecule has 1 aliphatic rings. The second-order valence-corrected chi connectivity index (χ2v) is 7.02. The number of aromatic nitrogens is 3. The molecule has 1 atom stereocenters. The van der Waals surface area contributed by atoms with E-state index in [2.05, 4.69) is 22.3 Å². The molecule has 1 unspecified atom stereocenters. The molecular formula is C11H20N4O2S. The lowest BCUT2D eigenvalue weighted by molar-refractivity contribution is 0.500. The number of nitrogens with zero attached hydrogens (tertiary/aromatic N) is 3. The molecule has 1 saturated heterocycles. The van der Waals surface area contributed by atoms with Crippen LogP contribution in [-0.2, 0) is 29.7 Å². The molecule has 1 aliphatic heterocycles. The van der Waals surface area contributed by atoms with Crippen LogP contribution in [0.2, 0.25) is 0 Å². The normalized spacial score (nSPS) is 23.1. The Morgan fingerprint density at radius 1 is 1.50 bits per heavy atom. The minimum Gasteiger partial charge on any atom is -0.312 e. The molecule has 1 N–H and O–H groups in total. The van der Waals surface area contributed by atoms with E-state index >= 15 is 0 Å². The van der Waals surface area contributed by atoms with E-state index in [0.29, 0.717) is 13.0 Å². The van der Waals surface area contributed by atoms with Gasteiger partial charge in [0.15, 0.2) is 15.7 Å². The Kier molecular flexibility index (Phi) is 4.01. The number of rotatable bonds is 4. The van der Waals surface area contributed by atoms with Crippen LogP contribution in [0.15, 0.2) is 0 Å². The molecule has 1 fully saturated rings. The molecule has 102 valence electrons. The second kappa shape index (κ2) is 5.36. The van der Waals surface area contributed by atoms with E-state index in [9.17, 15) is 8.42 Å². The molecular weight excluding hydrogens is 252 g/mol. The van der Waals surface area contributed by atoms with E-state index in [-0.39, 0.29) is 17.5 Å². The Labute approximate surface area is 108 Å². The number of hydrogen-bond acceptors (Lipinski definition) is 5. The molecule has 0 bridgehead atoms. The smallest absolute Gasteiger partial charge is 0.153 e. The summed E-state index contributed by atoms with van der Waals surface area (Å²) in [4.78, 5) is 4.46. The highest BCUT2D eigenvalue weighted by atomic mass is 32.2. The van der Waals surface area contributed by atoms with E-state index in [4.69, 9.17) is 0 Å². The average Bonchev–Trinajstić information content (AvgIpc) is 2.58. The number of nitrogens with one attached hydrogen (secondary N) is 1. The standard InChI is InChI=1S/C11H20N4O2S/c1-3-4-10-13-11(15(2)14-10)7-9-8-18(16,17)6-5-12-9/h9,12H,3-8H2,1-2H3. The van der Waals surface area contributed by atoms with E-state index in [1.807, 2.05) is 7.05 Å². The minimum absolute atomic E-state index is 0.0406. The lowest BCUT2D eigenvalue weighted by Crippen LogP contribution is -2.46. The summed E-state index contributed by atoms with van der Waals surface area (Å²) < 4.78 is 24.9. The largest absolute Gasteiger partial charge is 0.312 e. The molecule has 6 nitrogen and oxygen atoms in total. The van der Waals surface area contributed by atoms with Crippen LogP contribution in [0.25, 0.3) is 0 Å². The first kappa shape index (κ1) is 13.5. The summed E-state index contributed by atoms with van der Waals surface area (Å²) in [5.74, 6) is 2.13. The molecule has 0 radical (unpaired) electrons. The van der Waals surface area contributed by atoms with Gasteiger partial charge < -0.3 is 5.32 Å². The fraction of sp³-hybridized carbons (Fsp3) is 0.818. The van der Waals surface area contributed by atoms with Crippen LogP contribution < -0.4 is 5.32 Å². The summed E-state index contributed by atoms with van der Waals surface area (Å²) in [6.07, 6.45) is 2.50. The fourth-order valence-corrected chi connectivity index (χ4v) is 3.64. The third-order valence-corrected chi connectivity index (χ3v) is 4.84. The Morgan fingerprint density at radius 2 is 2.28 bits per heavy atom. The Morgan fingerprint density at radius 3 is 2.94 bits per heavy atom. The Hall–Kier alpha value is -0.950. The van der Waals surface area contributed by atoms with E-state index in [1.165, 1.54) is 0 Å².